The van der Waals surface area contributed by atoms with Gasteiger partial charge in [-0.2, -0.15) is 0 Å². The Morgan fingerprint density at radius 3 is 2.81 bits per heavy atom. The smallest absolute Gasteiger partial charge is 0.272 e. The molecule has 0 aromatic carbocycles. The van der Waals surface area contributed by atoms with E-state index in [1.165, 1.54) is 4.90 Å². The Morgan fingerprint density at radius 1 is 1.29 bits per heavy atom. The van der Waals surface area contributed by atoms with Crippen molar-refractivity contribution in [2.24, 2.45) is 0 Å². The van der Waals surface area contributed by atoms with Gasteiger partial charge in [0.1, 0.15) is 5.69 Å². The average Bonchev–Trinajstić information content (AvgIpc) is 2.52. The van der Waals surface area contributed by atoms with Crippen molar-refractivity contribution in [2.45, 2.75) is 6.54 Å². The quantitative estimate of drug-likeness (QED) is 0.907. The molecule has 0 radical (unpaired) electrons. The summed E-state index contributed by atoms with van der Waals surface area (Å²) in [7, 11) is 4.99. The minimum atomic E-state index is -0.127. The summed E-state index contributed by atoms with van der Waals surface area (Å²) >= 11 is 0. The van der Waals surface area contributed by atoms with Gasteiger partial charge in [0.2, 0.25) is 5.88 Å². The SMILES string of the molecule is COc1ncccc1CNc1ccnc(C(=O)N(C)C)c1. The minimum absolute atomic E-state index is 0.127. The zero-order valence-electron chi connectivity index (χ0n) is 12.3. The zero-order valence-corrected chi connectivity index (χ0v) is 12.3. The molecule has 0 saturated heterocycles. The molecule has 2 aromatic heterocycles. The van der Waals surface area contributed by atoms with E-state index in [1.807, 2.05) is 18.2 Å². The van der Waals surface area contributed by atoms with Crippen LogP contribution >= 0.6 is 0 Å². The van der Waals surface area contributed by atoms with Crippen molar-refractivity contribution in [3.8, 4) is 5.88 Å². The molecule has 21 heavy (non-hydrogen) atoms. The molecule has 0 saturated carbocycles. The summed E-state index contributed by atoms with van der Waals surface area (Å²) in [5.74, 6) is 0.459. The Labute approximate surface area is 123 Å². The van der Waals surface area contributed by atoms with Crippen LogP contribution in [0.1, 0.15) is 16.1 Å². The van der Waals surface area contributed by atoms with Crippen molar-refractivity contribution >= 4 is 11.6 Å². The van der Waals surface area contributed by atoms with Crippen molar-refractivity contribution < 1.29 is 9.53 Å². The molecule has 2 rings (SSSR count). The first-order chi connectivity index (χ1) is 10.1. The fourth-order valence-electron chi connectivity index (χ4n) is 1.83. The fraction of sp³-hybridized carbons (Fsp3) is 0.267. The number of hydrogen-bond donors (Lipinski definition) is 1. The molecule has 0 bridgehead atoms. The van der Waals surface area contributed by atoms with Crippen LogP contribution < -0.4 is 10.1 Å². The maximum atomic E-state index is 11.9. The van der Waals surface area contributed by atoms with Crippen LogP contribution in [0.4, 0.5) is 5.69 Å². The van der Waals surface area contributed by atoms with Gasteiger partial charge in [-0.15, -0.1) is 0 Å². The second-order valence-electron chi connectivity index (χ2n) is 4.65. The van der Waals surface area contributed by atoms with Gasteiger partial charge >= 0.3 is 0 Å². The molecule has 0 spiro atoms. The van der Waals surface area contributed by atoms with Gasteiger partial charge in [0.15, 0.2) is 0 Å². The summed E-state index contributed by atoms with van der Waals surface area (Å²) in [4.78, 5) is 21.6. The Kier molecular flexibility index (Phi) is 4.71. The molecule has 0 fully saturated rings. The van der Waals surface area contributed by atoms with E-state index >= 15 is 0 Å². The average molecular weight is 286 g/mol. The monoisotopic (exact) mass is 286 g/mol. The van der Waals surface area contributed by atoms with Crippen LogP contribution in [0.5, 0.6) is 5.88 Å². The topological polar surface area (TPSA) is 67.3 Å². The lowest BCUT2D eigenvalue weighted by atomic mass is 10.2. The predicted octanol–water partition coefficient (Wildman–Crippen LogP) is 1.80. The Morgan fingerprint density at radius 2 is 2.10 bits per heavy atom. The number of hydrogen-bond acceptors (Lipinski definition) is 5. The highest BCUT2D eigenvalue weighted by Crippen LogP contribution is 2.16. The number of amides is 1. The Balaban J connectivity index is 2.10. The van der Waals surface area contributed by atoms with Gasteiger partial charge in [0.05, 0.1) is 7.11 Å². The van der Waals surface area contributed by atoms with Crippen LogP contribution in [-0.2, 0) is 6.54 Å². The number of pyridine rings is 2. The van der Waals surface area contributed by atoms with Crippen LogP contribution in [0, 0.1) is 0 Å². The number of aromatic nitrogens is 2. The van der Waals surface area contributed by atoms with Crippen molar-refractivity contribution in [3.63, 3.8) is 0 Å². The lowest BCUT2D eigenvalue weighted by Gasteiger charge is -2.12. The maximum Gasteiger partial charge on any atom is 0.272 e. The van der Waals surface area contributed by atoms with E-state index in [2.05, 4.69) is 15.3 Å². The lowest BCUT2D eigenvalue weighted by Crippen LogP contribution is -2.22. The number of ether oxygens (including phenoxy) is 1. The molecule has 110 valence electrons. The summed E-state index contributed by atoms with van der Waals surface area (Å²) in [5.41, 5.74) is 2.17. The van der Waals surface area contributed by atoms with E-state index in [4.69, 9.17) is 4.74 Å². The van der Waals surface area contributed by atoms with Crippen LogP contribution in [0.2, 0.25) is 0 Å². The van der Waals surface area contributed by atoms with Crippen molar-refractivity contribution in [2.75, 3.05) is 26.5 Å². The summed E-state index contributed by atoms with van der Waals surface area (Å²) < 4.78 is 5.20. The number of carbonyl (C=O) groups is 1. The largest absolute Gasteiger partial charge is 0.481 e. The first-order valence-corrected chi connectivity index (χ1v) is 6.51. The highest BCUT2D eigenvalue weighted by atomic mass is 16.5. The van der Waals surface area contributed by atoms with E-state index in [1.54, 1.807) is 39.7 Å². The van der Waals surface area contributed by atoms with E-state index in [-0.39, 0.29) is 5.91 Å². The molecule has 1 amide bonds. The van der Waals surface area contributed by atoms with Gasteiger partial charge in [-0.1, -0.05) is 6.07 Å². The van der Waals surface area contributed by atoms with E-state index in [0.717, 1.165) is 11.3 Å². The minimum Gasteiger partial charge on any atom is -0.481 e. The van der Waals surface area contributed by atoms with Crippen molar-refractivity contribution in [1.29, 1.82) is 0 Å². The summed E-state index contributed by atoms with van der Waals surface area (Å²) in [6.07, 6.45) is 3.29. The molecule has 0 aliphatic rings. The normalized spacial score (nSPS) is 10.0. The molecule has 2 aromatic rings. The molecular weight excluding hydrogens is 268 g/mol. The van der Waals surface area contributed by atoms with Gasteiger partial charge < -0.3 is 15.0 Å². The van der Waals surface area contributed by atoms with Gasteiger partial charge in [-0.05, 0) is 18.2 Å². The maximum absolute atomic E-state index is 11.9. The van der Waals surface area contributed by atoms with Crippen molar-refractivity contribution in [1.82, 2.24) is 14.9 Å². The fourth-order valence-corrected chi connectivity index (χ4v) is 1.83. The highest BCUT2D eigenvalue weighted by molar-refractivity contribution is 5.92. The molecule has 6 heteroatoms. The van der Waals surface area contributed by atoms with Crippen LogP contribution in [0.15, 0.2) is 36.7 Å². The van der Waals surface area contributed by atoms with Crippen LogP contribution in [0.25, 0.3) is 0 Å². The summed E-state index contributed by atoms with van der Waals surface area (Å²) in [5, 5.41) is 3.24. The molecule has 6 nitrogen and oxygen atoms in total. The first kappa shape index (κ1) is 14.8. The number of rotatable bonds is 5. The second kappa shape index (κ2) is 6.69. The molecule has 2 heterocycles. The lowest BCUT2D eigenvalue weighted by molar-refractivity contribution is 0.0822. The summed E-state index contributed by atoms with van der Waals surface area (Å²) in [6.45, 7) is 0.552. The molecule has 0 aliphatic heterocycles. The standard InChI is InChI=1S/C15H18N4O2/c1-19(2)15(20)13-9-12(6-8-16-13)18-10-11-5-4-7-17-14(11)21-3/h4-9H,10H2,1-3H3,(H,16,18). The number of anilines is 1. The number of nitrogens with one attached hydrogen (secondary N) is 1. The third kappa shape index (κ3) is 3.68. The third-order valence-electron chi connectivity index (χ3n) is 2.91. The van der Waals surface area contributed by atoms with Gasteiger partial charge in [-0.25, -0.2) is 4.98 Å². The molecule has 0 aliphatic carbocycles. The molecule has 0 atom stereocenters. The van der Waals surface area contributed by atoms with Gasteiger partial charge in [0.25, 0.3) is 5.91 Å². The molecular formula is C15H18N4O2. The summed E-state index contributed by atoms with van der Waals surface area (Å²) in [6, 6.07) is 7.33. The van der Waals surface area contributed by atoms with E-state index in [9.17, 15) is 4.79 Å². The van der Waals surface area contributed by atoms with E-state index < -0.39 is 0 Å². The molecule has 0 unspecified atom stereocenters. The number of nitrogens with zero attached hydrogens (tertiary/aromatic N) is 3. The van der Waals surface area contributed by atoms with Gasteiger partial charge in [0, 0.05) is 44.3 Å². The number of carbonyl (C=O) groups excluding carboxylic acids is 1. The van der Waals surface area contributed by atoms with E-state index in [0.29, 0.717) is 18.1 Å². The van der Waals surface area contributed by atoms with Crippen molar-refractivity contribution in [3.05, 3.63) is 47.9 Å². The van der Waals surface area contributed by atoms with Crippen LogP contribution in [-0.4, -0.2) is 42.0 Å². The predicted molar refractivity (Wildman–Crippen MR) is 80.4 cm³/mol. The van der Waals surface area contributed by atoms with Crippen LogP contribution in [0.3, 0.4) is 0 Å². The highest BCUT2D eigenvalue weighted by Gasteiger charge is 2.10. The first-order valence-electron chi connectivity index (χ1n) is 6.51. The Bertz CT molecular complexity index is 629. The number of methoxy groups -OCH3 is 1. The zero-order chi connectivity index (χ0) is 15.2. The third-order valence-corrected chi connectivity index (χ3v) is 2.91. The van der Waals surface area contributed by atoms with Gasteiger partial charge in [-0.3, -0.25) is 9.78 Å². The Hall–Kier alpha value is -2.63. The molecule has 1 N–H and O–H groups in total. The second-order valence-corrected chi connectivity index (χ2v) is 4.65.